The Kier molecular flexibility index (Phi) is 5.74. The van der Waals surface area contributed by atoms with Gasteiger partial charge in [-0.3, -0.25) is 0 Å². The normalized spacial score (nSPS) is 14.5. The van der Waals surface area contributed by atoms with Crippen LogP contribution in [0.1, 0.15) is 34.1 Å². The molecule has 0 spiro atoms. The molecule has 0 fully saturated rings. The number of hydrogen-bond donors (Lipinski definition) is 3. The van der Waals surface area contributed by atoms with Gasteiger partial charge in [0.15, 0.2) is 0 Å². The van der Waals surface area contributed by atoms with Gasteiger partial charge in [-0.1, -0.05) is 20.8 Å². The van der Waals surface area contributed by atoms with Crippen molar-refractivity contribution in [2.45, 2.75) is 46.2 Å². The van der Waals surface area contributed by atoms with Gasteiger partial charge < -0.3 is 15.7 Å². The molecule has 2 amide bonds. The lowest BCUT2D eigenvalue weighted by Gasteiger charge is -2.19. The fourth-order valence-electron chi connectivity index (χ4n) is 1.02. The molecule has 0 aliphatic heterocycles. The molecule has 0 rings (SSSR count). The van der Waals surface area contributed by atoms with Crippen molar-refractivity contribution < 1.29 is 14.7 Å². The SMILES string of the molecule is CC[C@@H](C)NC(=O)N[C@@H](C(=O)O)C(C)C. The van der Waals surface area contributed by atoms with Crippen LogP contribution in [0, 0.1) is 5.92 Å². The summed E-state index contributed by atoms with van der Waals surface area (Å²) in [4.78, 5) is 22.1. The second-order valence-corrected chi connectivity index (χ2v) is 3.99. The number of rotatable bonds is 5. The largest absolute Gasteiger partial charge is 0.480 e. The zero-order valence-corrected chi connectivity index (χ0v) is 9.70. The number of aliphatic carboxylic acids is 1. The van der Waals surface area contributed by atoms with Crippen molar-refractivity contribution in [1.82, 2.24) is 10.6 Å². The molecular formula is C10H20N2O3. The molecule has 0 aromatic rings. The highest BCUT2D eigenvalue weighted by Gasteiger charge is 2.23. The van der Waals surface area contributed by atoms with E-state index in [0.29, 0.717) is 0 Å². The molecule has 3 N–H and O–H groups in total. The van der Waals surface area contributed by atoms with E-state index >= 15 is 0 Å². The minimum atomic E-state index is -1.01. The predicted octanol–water partition coefficient (Wildman–Crippen LogP) is 1.19. The molecule has 0 heterocycles. The van der Waals surface area contributed by atoms with E-state index in [9.17, 15) is 9.59 Å². The molecule has 5 heteroatoms. The molecule has 0 bridgehead atoms. The van der Waals surface area contributed by atoms with Crippen LogP contribution in [-0.4, -0.2) is 29.2 Å². The average Bonchev–Trinajstić information content (AvgIpc) is 2.12. The number of urea groups is 1. The molecule has 0 unspecified atom stereocenters. The Labute approximate surface area is 90.2 Å². The summed E-state index contributed by atoms with van der Waals surface area (Å²) in [7, 11) is 0. The van der Waals surface area contributed by atoms with Gasteiger partial charge in [0, 0.05) is 6.04 Å². The van der Waals surface area contributed by atoms with Crippen molar-refractivity contribution in [3.8, 4) is 0 Å². The van der Waals surface area contributed by atoms with Gasteiger partial charge in [-0.15, -0.1) is 0 Å². The molecule has 0 aromatic heterocycles. The van der Waals surface area contributed by atoms with Crippen molar-refractivity contribution in [2.75, 3.05) is 0 Å². The Morgan fingerprint density at radius 1 is 1.20 bits per heavy atom. The monoisotopic (exact) mass is 216 g/mol. The van der Waals surface area contributed by atoms with Crippen LogP contribution in [0.15, 0.2) is 0 Å². The maximum Gasteiger partial charge on any atom is 0.326 e. The van der Waals surface area contributed by atoms with Crippen LogP contribution in [0.3, 0.4) is 0 Å². The maximum atomic E-state index is 11.3. The van der Waals surface area contributed by atoms with Gasteiger partial charge in [0.1, 0.15) is 6.04 Å². The Morgan fingerprint density at radius 2 is 1.73 bits per heavy atom. The van der Waals surface area contributed by atoms with Crippen LogP contribution in [0.2, 0.25) is 0 Å². The minimum absolute atomic E-state index is 0.0478. The number of carbonyl (C=O) groups excluding carboxylic acids is 1. The van der Waals surface area contributed by atoms with Crippen LogP contribution < -0.4 is 10.6 Å². The summed E-state index contributed by atoms with van der Waals surface area (Å²) in [5, 5.41) is 13.9. The number of carbonyl (C=O) groups is 2. The fraction of sp³-hybridized carbons (Fsp3) is 0.800. The Balaban J connectivity index is 4.18. The molecular weight excluding hydrogens is 196 g/mol. The molecule has 0 aromatic carbocycles. The van der Waals surface area contributed by atoms with Crippen molar-refractivity contribution in [3.05, 3.63) is 0 Å². The quantitative estimate of drug-likeness (QED) is 0.646. The van der Waals surface area contributed by atoms with Gasteiger partial charge in [0.25, 0.3) is 0 Å². The maximum absolute atomic E-state index is 11.3. The zero-order chi connectivity index (χ0) is 12.0. The first-order chi connectivity index (χ1) is 6.88. The van der Waals surface area contributed by atoms with Crippen molar-refractivity contribution >= 4 is 12.0 Å². The zero-order valence-electron chi connectivity index (χ0n) is 9.70. The molecule has 0 aliphatic rings. The van der Waals surface area contributed by atoms with E-state index in [1.54, 1.807) is 13.8 Å². The lowest BCUT2D eigenvalue weighted by atomic mass is 10.1. The van der Waals surface area contributed by atoms with E-state index in [2.05, 4.69) is 10.6 Å². The number of nitrogens with one attached hydrogen (secondary N) is 2. The molecule has 2 atom stereocenters. The van der Waals surface area contributed by atoms with E-state index in [-0.39, 0.29) is 12.0 Å². The van der Waals surface area contributed by atoms with Crippen LogP contribution in [-0.2, 0) is 4.79 Å². The van der Waals surface area contributed by atoms with E-state index < -0.39 is 18.0 Å². The standard InChI is InChI=1S/C10H20N2O3/c1-5-7(4)11-10(15)12-8(6(2)3)9(13)14/h6-8H,5H2,1-4H3,(H,13,14)(H2,11,12,15)/t7-,8-/m1/s1. The van der Waals surface area contributed by atoms with Gasteiger partial charge >= 0.3 is 12.0 Å². The Bertz CT molecular complexity index is 229. The van der Waals surface area contributed by atoms with Crippen LogP contribution >= 0.6 is 0 Å². The molecule has 88 valence electrons. The topological polar surface area (TPSA) is 78.4 Å². The second kappa shape index (κ2) is 6.27. The lowest BCUT2D eigenvalue weighted by molar-refractivity contribution is -0.140. The Morgan fingerprint density at radius 3 is 2.07 bits per heavy atom. The third-order valence-corrected chi connectivity index (χ3v) is 2.21. The molecule has 5 nitrogen and oxygen atoms in total. The van der Waals surface area contributed by atoms with Crippen LogP contribution in [0.5, 0.6) is 0 Å². The number of hydrogen-bond acceptors (Lipinski definition) is 2. The smallest absolute Gasteiger partial charge is 0.326 e. The third-order valence-electron chi connectivity index (χ3n) is 2.21. The summed E-state index contributed by atoms with van der Waals surface area (Å²) in [5.41, 5.74) is 0. The highest BCUT2D eigenvalue weighted by Crippen LogP contribution is 2.01. The first-order valence-electron chi connectivity index (χ1n) is 5.18. The van der Waals surface area contributed by atoms with Gasteiger partial charge in [0.2, 0.25) is 0 Å². The third kappa shape index (κ3) is 5.24. The van der Waals surface area contributed by atoms with E-state index in [0.717, 1.165) is 6.42 Å². The summed E-state index contributed by atoms with van der Waals surface area (Å²) in [5.74, 6) is -1.14. The highest BCUT2D eigenvalue weighted by atomic mass is 16.4. The fourth-order valence-corrected chi connectivity index (χ4v) is 1.02. The molecule has 0 aliphatic carbocycles. The Hall–Kier alpha value is -1.26. The molecule has 0 radical (unpaired) electrons. The van der Waals surface area contributed by atoms with E-state index in [1.807, 2.05) is 13.8 Å². The van der Waals surface area contributed by atoms with Crippen molar-refractivity contribution in [3.63, 3.8) is 0 Å². The first-order valence-corrected chi connectivity index (χ1v) is 5.18. The minimum Gasteiger partial charge on any atom is -0.480 e. The predicted molar refractivity (Wildman–Crippen MR) is 57.7 cm³/mol. The highest BCUT2D eigenvalue weighted by molar-refractivity contribution is 5.82. The van der Waals surface area contributed by atoms with Gasteiger partial charge in [-0.05, 0) is 19.3 Å². The summed E-state index contributed by atoms with van der Waals surface area (Å²) in [6.07, 6.45) is 0.812. The van der Waals surface area contributed by atoms with Gasteiger partial charge in [-0.2, -0.15) is 0 Å². The summed E-state index contributed by atoms with van der Waals surface area (Å²) in [6.45, 7) is 7.32. The molecule has 0 saturated heterocycles. The van der Waals surface area contributed by atoms with Gasteiger partial charge in [0.05, 0.1) is 0 Å². The number of carboxylic acids is 1. The summed E-state index contributed by atoms with van der Waals surface area (Å²) in [6, 6.07) is -1.22. The lowest BCUT2D eigenvalue weighted by Crippen LogP contribution is -2.50. The summed E-state index contributed by atoms with van der Waals surface area (Å²) < 4.78 is 0. The van der Waals surface area contributed by atoms with Crippen molar-refractivity contribution in [1.29, 1.82) is 0 Å². The number of carboxylic acid groups (broad SMARTS) is 1. The van der Waals surface area contributed by atoms with Crippen LogP contribution in [0.4, 0.5) is 4.79 Å². The second-order valence-electron chi connectivity index (χ2n) is 3.99. The molecule has 15 heavy (non-hydrogen) atoms. The number of amides is 2. The first kappa shape index (κ1) is 13.7. The van der Waals surface area contributed by atoms with E-state index in [4.69, 9.17) is 5.11 Å². The van der Waals surface area contributed by atoms with Crippen LogP contribution in [0.25, 0.3) is 0 Å². The summed E-state index contributed by atoms with van der Waals surface area (Å²) >= 11 is 0. The molecule has 0 saturated carbocycles. The van der Waals surface area contributed by atoms with Crippen molar-refractivity contribution in [2.24, 2.45) is 5.92 Å². The average molecular weight is 216 g/mol. The van der Waals surface area contributed by atoms with Gasteiger partial charge in [-0.25, -0.2) is 9.59 Å². The van der Waals surface area contributed by atoms with E-state index in [1.165, 1.54) is 0 Å².